The summed E-state index contributed by atoms with van der Waals surface area (Å²) in [7, 11) is 1.57. The van der Waals surface area contributed by atoms with Crippen LogP contribution in [0.4, 0.5) is 10.5 Å². The molecule has 0 radical (unpaired) electrons. The molecule has 1 aliphatic rings. The van der Waals surface area contributed by atoms with Gasteiger partial charge in [-0.25, -0.2) is 4.79 Å². The molecule has 2 aromatic rings. The maximum Gasteiger partial charge on any atom is 0.407 e. The third kappa shape index (κ3) is 4.71. The van der Waals surface area contributed by atoms with Crippen molar-refractivity contribution in [2.45, 2.75) is 45.9 Å². The van der Waals surface area contributed by atoms with Crippen LogP contribution in [0, 0.1) is 5.92 Å². The standard InChI is InChI=1S/C24H29N3O4/c1-5-20-15(2)22(26-24(30)31-14-17-9-7-6-8-10-17)19-13-18(23(29)25-4)11-12-21(19)27(20)16(3)28/h6-13,15,20,22H,5,14H2,1-4H3,(H,25,29)(H,26,30)/t15-,20?,22?/m0/s1. The van der Waals surface area contributed by atoms with Crippen molar-refractivity contribution in [1.82, 2.24) is 10.6 Å². The molecule has 2 unspecified atom stereocenters. The van der Waals surface area contributed by atoms with E-state index in [1.807, 2.05) is 44.2 Å². The number of hydrogen-bond donors (Lipinski definition) is 2. The normalized spacial score (nSPS) is 19.9. The minimum Gasteiger partial charge on any atom is -0.445 e. The molecule has 0 aliphatic carbocycles. The molecule has 1 heterocycles. The van der Waals surface area contributed by atoms with Gasteiger partial charge in [-0.3, -0.25) is 9.59 Å². The Labute approximate surface area is 182 Å². The van der Waals surface area contributed by atoms with Gasteiger partial charge in [-0.15, -0.1) is 0 Å². The number of benzene rings is 2. The first-order chi connectivity index (χ1) is 14.9. The number of anilines is 1. The van der Waals surface area contributed by atoms with E-state index < -0.39 is 12.1 Å². The second kappa shape index (κ2) is 9.64. The number of alkyl carbamates (subject to hydrolysis) is 1. The third-order valence-corrected chi connectivity index (χ3v) is 5.82. The quantitative estimate of drug-likeness (QED) is 0.766. The van der Waals surface area contributed by atoms with E-state index in [1.54, 1.807) is 30.1 Å². The molecular formula is C24H29N3O4. The van der Waals surface area contributed by atoms with Gasteiger partial charge in [0.1, 0.15) is 6.61 Å². The molecular weight excluding hydrogens is 394 g/mol. The summed E-state index contributed by atoms with van der Waals surface area (Å²) < 4.78 is 5.43. The molecule has 7 nitrogen and oxygen atoms in total. The highest BCUT2D eigenvalue weighted by Crippen LogP contribution is 2.42. The van der Waals surface area contributed by atoms with Crippen molar-refractivity contribution in [3.8, 4) is 0 Å². The first-order valence-electron chi connectivity index (χ1n) is 10.5. The Morgan fingerprint density at radius 2 is 1.81 bits per heavy atom. The van der Waals surface area contributed by atoms with Gasteiger partial charge in [-0.2, -0.15) is 0 Å². The number of fused-ring (bicyclic) bond motifs is 1. The molecule has 0 fully saturated rings. The van der Waals surface area contributed by atoms with E-state index in [-0.39, 0.29) is 30.4 Å². The molecule has 0 saturated carbocycles. The van der Waals surface area contributed by atoms with Crippen LogP contribution in [-0.4, -0.2) is 31.0 Å². The fraction of sp³-hybridized carbons (Fsp3) is 0.375. The lowest BCUT2D eigenvalue weighted by atomic mass is 9.80. The summed E-state index contributed by atoms with van der Waals surface area (Å²) in [4.78, 5) is 39.1. The van der Waals surface area contributed by atoms with E-state index in [2.05, 4.69) is 10.6 Å². The van der Waals surface area contributed by atoms with Crippen LogP contribution in [0.15, 0.2) is 48.5 Å². The molecule has 3 amide bonds. The van der Waals surface area contributed by atoms with Gasteiger partial charge in [0, 0.05) is 37.2 Å². The minimum absolute atomic E-state index is 0.0715. The molecule has 3 rings (SSSR count). The molecule has 2 aromatic carbocycles. The van der Waals surface area contributed by atoms with Crippen molar-refractivity contribution in [3.05, 3.63) is 65.2 Å². The Morgan fingerprint density at radius 1 is 1.10 bits per heavy atom. The Balaban J connectivity index is 1.92. The zero-order valence-electron chi connectivity index (χ0n) is 18.3. The fourth-order valence-electron chi connectivity index (χ4n) is 4.29. The molecule has 0 aromatic heterocycles. The first-order valence-corrected chi connectivity index (χ1v) is 10.5. The average molecular weight is 424 g/mol. The number of nitrogens with one attached hydrogen (secondary N) is 2. The zero-order chi connectivity index (χ0) is 22.5. The highest BCUT2D eigenvalue weighted by Gasteiger charge is 2.40. The van der Waals surface area contributed by atoms with Crippen LogP contribution in [0.1, 0.15) is 54.7 Å². The summed E-state index contributed by atoms with van der Waals surface area (Å²) in [5, 5.41) is 5.59. The number of ether oxygens (including phenoxy) is 1. The second-order valence-corrected chi connectivity index (χ2v) is 7.76. The summed E-state index contributed by atoms with van der Waals surface area (Å²) in [5.41, 5.74) is 2.80. The third-order valence-electron chi connectivity index (χ3n) is 5.82. The number of rotatable bonds is 5. The van der Waals surface area contributed by atoms with Gasteiger partial charge < -0.3 is 20.3 Å². The highest BCUT2D eigenvalue weighted by atomic mass is 16.5. The lowest BCUT2D eigenvalue weighted by molar-refractivity contribution is -0.117. The lowest BCUT2D eigenvalue weighted by Gasteiger charge is -2.45. The van der Waals surface area contributed by atoms with Crippen molar-refractivity contribution in [2.24, 2.45) is 5.92 Å². The number of amides is 3. The lowest BCUT2D eigenvalue weighted by Crippen LogP contribution is -2.51. The molecule has 3 atom stereocenters. The molecule has 164 valence electrons. The Bertz CT molecular complexity index is 961. The summed E-state index contributed by atoms with van der Waals surface area (Å²) in [5.74, 6) is -0.379. The van der Waals surface area contributed by atoms with E-state index in [0.717, 1.165) is 17.5 Å². The highest BCUT2D eigenvalue weighted by molar-refractivity contribution is 5.97. The molecule has 1 aliphatic heterocycles. The number of nitrogens with zero attached hydrogens (tertiary/aromatic N) is 1. The number of hydrogen-bond acceptors (Lipinski definition) is 4. The van der Waals surface area contributed by atoms with E-state index in [0.29, 0.717) is 11.3 Å². The smallest absolute Gasteiger partial charge is 0.407 e. The van der Waals surface area contributed by atoms with Crippen LogP contribution >= 0.6 is 0 Å². The molecule has 0 saturated heterocycles. The van der Waals surface area contributed by atoms with Crippen LogP contribution in [0.5, 0.6) is 0 Å². The van der Waals surface area contributed by atoms with Gasteiger partial charge in [0.25, 0.3) is 5.91 Å². The van der Waals surface area contributed by atoms with E-state index in [1.165, 1.54) is 6.92 Å². The summed E-state index contributed by atoms with van der Waals surface area (Å²) in [6.45, 7) is 5.72. The van der Waals surface area contributed by atoms with Gasteiger partial charge in [0.05, 0.1) is 6.04 Å². The summed E-state index contributed by atoms with van der Waals surface area (Å²) in [6.07, 6.45) is 0.192. The predicted molar refractivity (Wildman–Crippen MR) is 119 cm³/mol. The van der Waals surface area contributed by atoms with Gasteiger partial charge in [-0.05, 0) is 35.7 Å². The van der Waals surface area contributed by atoms with Crippen LogP contribution in [0.2, 0.25) is 0 Å². The van der Waals surface area contributed by atoms with Gasteiger partial charge in [0.2, 0.25) is 5.91 Å². The molecule has 7 heteroatoms. The topological polar surface area (TPSA) is 87.7 Å². The Hall–Kier alpha value is -3.35. The largest absolute Gasteiger partial charge is 0.445 e. The number of carbonyl (C=O) groups excluding carboxylic acids is 3. The molecule has 2 N–H and O–H groups in total. The molecule has 0 bridgehead atoms. The van der Waals surface area contributed by atoms with E-state index in [4.69, 9.17) is 4.74 Å². The van der Waals surface area contributed by atoms with Crippen molar-refractivity contribution in [3.63, 3.8) is 0 Å². The van der Waals surface area contributed by atoms with Crippen molar-refractivity contribution in [2.75, 3.05) is 11.9 Å². The average Bonchev–Trinajstić information content (AvgIpc) is 2.78. The summed E-state index contributed by atoms with van der Waals surface area (Å²) >= 11 is 0. The number of carbonyl (C=O) groups is 3. The van der Waals surface area contributed by atoms with Gasteiger partial charge in [-0.1, -0.05) is 44.2 Å². The first kappa shape index (κ1) is 22.3. The maximum absolute atomic E-state index is 12.6. The maximum atomic E-state index is 12.6. The van der Waals surface area contributed by atoms with E-state index >= 15 is 0 Å². The van der Waals surface area contributed by atoms with Gasteiger partial charge in [0.15, 0.2) is 0 Å². The Kier molecular flexibility index (Phi) is 6.95. The molecule has 31 heavy (non-hydrogen) atoms. The van der Waals surface area contributed by atoms with Crippen LogP contribution in [0.25, 0.3) is 0 Å². The van der Waals surface area contributed by atoms with Crippen molar-refractivity contribution >= 4 is 23.6 Å². The zero-order valence-corrected chi connectivity index (χ0v) is 18.3. The monoisotopic (exact) mass is 423 g/mol. The van der Waals surface area contributed by atoms with Crippen LogP contribution in [0.3, 0.4) is 0 Å². The van der Waals surface area contributed by atoms with Crippen LogP contribution < -0.4 is 15.5 Å². The van der Waals surface area contributed by atoms with Crippen molar-refractivity contribution in [1.29, 1.82) is 0 Å². The predicted octanol–water partition coefficient (Wildman–Crippen LogP) is 3.79. The SMILES string of the molecule is CCC1[C@H](C)C(NC(=O)OCc2ccccc2)c2cc(C(=O)NC)ccc2N1C(C)=O. The summed E-state index contributed by atoms with van der Waals surface area (Å²) in [6, 6.07) is 14.2. The van der Waals surface area contributed by atoms with Gasteiger partial charge >= 0.3 is 6.09 Å². The van der Waals surface area contributed by atoms with Crippen molar-refractivity contribution < 1.29 is 19.1 Å². The minimum atomic E-state index is -0.539. The fourth-order valence-corrected chi connectivity index (χ4v) is 4.29. The second-order valence-electron chi connectivity index (χ2n) is 7.76. The van der Waals surface area contributed by atoms with E-state index in [9.17, 15) is 14.4 Å². The Morgan fingerprint density at radius 3 is 2.42 bits per heavy atom. The molecule has 0 spiro atoms. The van der Waals surface area contributed by atoms with Crippen LogP contribution in [-0.2, 0) is 16.1 Å².